The molecular weight excluding hydrogens is 248 g/mol. The number of hydrogen-bond donors (Lipinski definition) is 2. The molecule has 0 aliphatic heterocycles. The van der Waals surface area contributed by atoms with Crippen molar-refractivity contribution >= 4 is 18.1 Å². The third kappa shape index (κ3) is 6.22. The fourth-order valence-electron chi connectivity index (χ4n) is 2.20. The molecule has 0 spiro atoms. The maximum absolute atomic E-state index is 11.5. The van der Waals surface area contributed by atoms with Crippen LogP contribution in [0.25, 0.3) is 0 Å². The summed E-state index contributed by atoms with van der Waals surface area (Å²) in [6.07, 6.45) is 7.35. The van der Waals surface area contributed by atoms with Crippen LogP contribution >= 0.6 is 0 Å². The Morgan fingerprint density at radius 2 is 2.11 bits per heavy atom. The Kier molecular flexibility index (Phi) is 6.92. The predicted octanol–water partition coefficient (Wildman–Crippen LogP) is 1.67. The third-order valence-corrected chi connectivity index (χ3v) is 3.36. The number of nitrogens with zero attached hydrogens (tertiary/aromatic N) is 1. The van der Waals surface area contributed by atoms with Gasteiger partial charge in [-0.1, -0.05) is 19.3 Å². The number of esters is 1. The average molecular weight is 270 g/mol. The highest BCUT2D eigenvalue weighted by Crippen LogP contribution is 2.26. The summed E-state index contributed by atoms with van der Waals surface area (Å²) in [4.78, 5) is 22.9. The number of carbonyl (C=O) groups is 2. The van der Waals surface area contributed by atoms with E-state index in [1.807, 2.05) is 0 Å². The van der Waals surface area contributed by atoms with Crippen LogP contribution in [0, 0.1) is 11.8 Å². The number of oxime groups is 1. The number of amides is 1. The van der Waals surface area contributed by atoms with Crippen LogP contribution in [0.4, 0.5) is 0 Å². The van der Waals surface area contributed by atoms with Crippen molar-refractivity contribution in [2.75, 3.05) is 6.73 Å². The second kappa shape index (κ2) is 8.50. The highest BCUT2D eigenvalue weighted by atomic mass is 16.5. The molecule has 0 bridgehead atoms. The van der Waals surface area contributed by atoms with Gasteiger partial charge in [-0.05, 0) is 25.7 Å². The van der Waals surface area contributed by atoms with E-state index < -0.39 is 5.92 Å². The molecule has 1 unspecified atom stereocenters. The minimum Gasteiger partial charge on any atom is -0.444 e. The quantitative estimate of drug-likeness (QED) is 0.253. The molecule has 0 aromatic rings. The summed E-state index contributed by atoms with van der Waals surface area (Å²) in [7, 11) is 0. The topological polar surface area (TPSA) is 88.0 Å². The van der Waals surface area contributed by atoms with Crippen LogP contribution in [0.5, 0.6) is 0 Å². The normalized spacial score (nSPS) is 18.2. The van der Waals surface area contributed by atoms with E-state index in [0.717, 1.165) is 19.1 Å². The van der Waals surface area contributed by atoms with Crippen molar-refractivity contribution in [2.24, 2.45) is 17.0 Å². The highest BCUT2D eigenvalue weighted by molar-refractivity contribution is 5.92. The van der Waals surface area contributed by atoms with Gasteiger partial charge in [0.25, 0.3) is 0 Å². The number of hydrogen-bond acceptors (Lipinski definition) is 5. The Morgan fingerprint density at radius 3 is 2.74 bits per heavy atom. The largest absolute Gasteiger partial charge is 0.444 e. The highest BCUT2D eigenvalue weighted by Gasteiger charge is 2.18. The summed E-state index contributed by atoms with van der Waals surface area (Å²) in [5.74, 6) is -0.738. The van der Waals surface area contributed by atoms with Gasteiger partial charge in [-0.2, -0.15) is 0 Å². The molecule has 1 atom stereocenters. The van der Waals surface area contributed by atoms with E-state index in [9.17, 15) is 9.59 Å². The molecule has 2 N–H and O–H groups in total. The molecule has 1 aliphatic carbocycles. The Morgan fingerprint density at radius 1 is 1.42 bits per heavy atom. The number of rotatable bonds is 6. The first-order valence-corrected chi connectivity index (χ1v) is 6.74. The maximum Gasteiger partial charge on any atom is 0.307 e. The fourth-order valence-corrected chi connectivity index (χ4v) is 2.20. The van der Waals surface area contributed by atoms with Crippen LogP contribution in [0.15, 0.2) is 5.16 Å². The monoisotopic (exact) mass is 270 g/mol. The maximum atomic E-state index is 11.5. The molecule has 1 amide bonds. The van der Waals surface area contributed by atoms with Crippen molar-refractivity contribution in [3.63, 3.8) is 0 Å². The fraction of sp³-hybridized carbons (Fsp3) is 0.769. The zero-order valence-corrected chi connectivity index (χ0v) is 11.3. The molecule has 1 aliphatic rings. The van der Waals surface area contributed by atoms with Crippen molar-refractivity contribution in [1.29, 1.82) is 0 Å². The van der Waals surface area contributed by atoms with Gasteiger partial charge in [-0.15, -0.1) is 5.16 Å². The lowest BCUT2D eigenvalue weighted by molar-refractivity contribution is -0.146. The molecule has 0 saturated heterocycles. The Hall–Kier alpha value is -1.59. The van der Waals surface area contributed by atoms with E-state index in [-0.39, 0.29) is 18.6 Å². The van der Waals surface area contributed by atoms with Crippen LogP contribution in [0.1, 0.15) is 45.4 Å². The lowest BCUT2D eigenvalue weighted by Gasteiger charge is -2.20. The molecular formula is C13H22N2O4. The van der Waals surface area contributed by atoms with Crippen LogP contribution in [0.2, 0.25) is 0 Å². The van der Waals surface area contributed by atoms with Gasteiger partial charge in [-0.25, -0.2) is 0 Å². The zero-order valence-electron chi connectivity index (χ0n) is 11.3. The van der Waals surface area contributed by atoms with E-state index >= 15 is 0 Å². The van der Waals surface area contributed by atoms with E-state index in [2.05, 4.69) is 10.5 Å². The smallest absolute Gasteiger partial charge is 0.307 e. The third-order valence-electron chi connectivity index (χ3n) is 3.36. The second-order valence-electron chi connectivity index (χ2n) is 4.96. The SMILES string of the molecule is CC(C=NO)C(=O)NCOC(=O)CC1CCCCC1. The van der Waals surface area contributed by atoms with Crippen LogP contribution < -0.4 is 5.32 Å². The van der Waals surface area contributed by atoms with Crippen molar-refractivity contribution in [3.05, 3.63) is 0 Å². The predicted molar refractivity (Wildman–Crippen MR) is 69.7 cm³/mol. The molecule has 0 heterocycles. The molecule has 6 heteroatoms. The lowest BCUT2D eigenvalue weighted by Crippen LogP contribution is -2.33. The second-order valence-corrected chi connectivity index (χ2v) is 4.96. The number of carbonyl (C=O) groups excluding carboxylic acids is 2. The van der Waals surface area contributed by atoms with Gasteiger partial charge in [-0.3, -0.25) is 9.59 Å². The van der Waals surface area contributed by atoms with Gasteiger partial charge in [0.1, 0.15) is 0 Å². The summed E-state index contributed by atoms with van der Waals surface area (Å²) in [6.45, 7) is 1.45. The van der Waals surface area contributed by atoms with E-state index in [4.69, 9.17) is 9.94 Å². The summed E-state index contributed by atoms with van der Waals surface area (Å²) >= 11 is 0. The van der Waals surface area contributed by atoms with E-state index in [0.29, 0.717) is 12.3 Å². The molecule has 1 fully saturated rings. The van der Waals surface area contributed by atoms with Crippen LogP contribution in [0.3, 0.4) is 0 Å². The standard InChI is InChI=1S/C13H22N2O4/c1-10(8-15-18)13(17)14-9-19-12(16)7-11-5-3-2-4-6-11/h8,10-11,18H,2-7,9H2,1H3,(H,14,17). The summed E-state index contributed by atoms with van der Waals surface area (Å²) in [6, 6.07) is 0. The molecule has 6 nitrogen and oxygen atoms in total. The minimum absolute atomic E-state index is 0.131. The summed E-state index contributed by atoms with van der Waals surface area (Å²) in [5.41, 5.74) is 0. The molecule has 0 aromatic carbocycles. The van der Waals surface area contributed by atoms with Crippen LogP contribution in [-0.2, 0) is 14.3 Å². The minimum atomic E-state index is -0.554. The molecule has 1 rings (SSSR count). The zero-order chi connectivity index (χ0) is 14.1. The first-order chi connectivity index (χ1) is 9.13. The van der Waals surface area contributed by atoms with Gasteiger partial charge >= 0.3 is 5.97 Å². The average Bonchev–Trinajstić information content (AvgIpc) is 2.40. The summed E-state index contributed by atoms with van der Waals surface area (Å²) in [5, 5.41) is 13.5. The summed E-state index contributed by atoms with van der Waals surface area (Å²) < 4.78 is 4.97. The van der Waals surface area contributed by atoms with Crippen molar-refractivity contribution < 1.29 is 19.5 Å². The van der Waals surface area contributed by atoms with Gasteiger partial charge < -0.3 is 15.3 Å². The molecule has 1 saturated carbocycles. The first kappa shape index (κ1) is 15.5. The Balaban J connectivity index is 2.14. The van der Waals surface area contributed by atoms with Gasteiger partial charge in [0.05, 0.1) is 12.1 Å². The molecule has 0 radical (unpaired) electrons. The lowest BCUT2D eigenvalue weighted by atomic mass is 9.87. The molecule has 108 valence electrons. The van der Waals surface area contributed by atoms with Gasteiger partial charge in [0, 0.05) is 6.42 Å². The van der Waals surface area contributed by atoms with Crippen LogP contribution in [-0.4, -0.2) is 30.0 Å². The number of ether oxygens (including phenoxy) is 1. The first-order valence-electron chi connectivity index (χ1n) is 6.74. The van der Waals surface area contributed by atoms with Crippen molar-refractivity contribution in [3.8, 4) is 0 Å². The van der Waals surface area contributed by atoms with Gasteiger partial charge in [0.15, 0.2) is 6.73 Å². The molecule has 19 heavy (non-hydrogen) atoms. The van der Waals surface area contributed by atoms with E-state index in [1.54, 1.807) is 6.92 Å². The number of nitrogens with one attached hydrogen (secondary N) is 1. The van der Waals surface area contributed by atoms with Crippen molar-refractivity contribution in [1.82, 2.24) is 5.32 Å². The van der Waals surface area contributed by atoms with Crippen molar-refractivity contribution in [2.45, 2.75) is 45.4 Å². The van der Waals surface area contributed by atoms with Gasteiger partial charge in [0.2, 0.25) is 5.91 Å². The van der Waals surface area contributed by atoms with E-state index in [1.165, 1.54) is 19.3 Å². The Bertz CT molecular complexity index is 325. The Labute approximate surface area is 113 Å². The molecule has 0 aromatic heterocycles.